The number of nitrogens with one attached hydrogen (secondary N) is 7. The molecule has 6 aromatic rings. The summed E-state index contributed by atoms with van der Waals surface area (Å²) in [6, 6.07) is 31.4. The molecule has 6 rings (SSSR count). The second-order valence-corrected chi connectivity index (χ2v) is 17.8. The largest absolute Gasteiger partial charge is 0.390 e. The van der Waals surface area contributed by atoms with Gasteiger partial charge in [-0.3, -0.25) is 29.3 Å². The van der Waals surface area contributed by atoms with E-state index in [0.29, 0.717) is 12.1 Å². The minimum absolute atomic E-state index is 0.0171. The highest BCUT2D eigenvalue weighted by Gasteiger charge is 2.32. The summed E-state index contributed by atoms with van der Waals surface area (Å²) in [7, 11) is 0. The minimum Gasteiger partial charge on any atom is -0.390 e. The number of fused-ring (bicyclic) bond motifs is 2. The molecule has 0 aliphatic carbocycles. The van der Waals surface area contributed by atoms with Crippen molar-refractivity contribution in [1.82, 2.24) is 31.2 Å². The number of amides is 5. The van der Waals surface area contributed by atoms with Gasteiger partial charge in [0.05, 0.1) is 30.8 Å². The van der Waals surface area contributed by atoms with Gasteiger partial charge in [0.25, 0.3) is 5.91 Å². The number of nitrogens with two attached hydrogens (primary N) is 1. The lowest BCUT2D eigenvalue weighted by atomic mass is 9.95. The van der Waals surface area contributed by atoms with Crippen molar-refractivity contribution in [3.63, 3.8) is 0 Å². The maximum absolute atomic E-state index is 14.6. The standard InChI is InChI=1S/C52H63N9O6/c1-32(2)22-44(47(62)26-48(63)58-45(23-33(3)4)52(67)61-49(64)37-17-9-12-34(24-37)27-53)59-51(66)46(25-39-30-54-31-57-39)60-50(65)38(28-55-42-20-10-15-35-13-5-7-18-40(35)42)29-56-43-21-11-16-36-14-6-8-19-41(36)43/h5-21,24,30-33,38,44-47,55-56,62H,22-23,25-29,53H2,1-4H3,(H,54,57)(H,58,63)(H,59,66)(H,60,65)(H,61,64,67)/t44-,45-,46-,47-/m0/s1. The van der Waals surface area contributed by atoms with Gasteiger partial charge in [0.15, 0.2) is 0 Å². The SMILES string of the molecule is CC(C)C[C@H](NC(=O)C[C@H](O)[C@H](CC(C)C)NC(=O)[C@H](Cc1cnc[nH]1)NC(=O)C(CNc1cccc2ccccc12)CNc1cccc2ccccc12)C(=O)NC(=O)c1cccc(CN)c1. The van der Waals surface area contributed by atoms with Gasteiger partial charge in [-0.25, -0.2) is 4.98 Å². The van der Waals surface area contributed by atoms with Gasteiger partial charge in [0.1, 0.15) is 12.1 Å². The van der Waals surface area contributed by atoms with Crippen molar-refractivity contribution in [1.29, 1.82) is 0 Å². The maximum atomic E-state index is 14.6. The molecule has 0 spiro atoms. The monoisotopic (exact) mass is 909 g/mol. The van der Waals surface area contributed by atoms with Crippen LogP contribution in [0.1, 0.15) is 68.6 Å². The predicted molar refractivity (Wildman–Crippen MR) is 263 cm³/mol. The highest BCUT2D eigenvalue weighted by atomic mass is 16.3. The van der Waals surface area contributed by atoms with E-state index < -0.39 is 60.2 Å². The van der Waals surface area contributed by atoms with Gasteiger partial charge in [0, 0.05) is 65.7 Å². The lowest BCUT2D eigenvalue weighted by molar-refractivity contribution is -0.132. The first-order valence-electron chi connectivity index (χ1n) is 22.9. The number of imide groups is 1. The van der Waals surface area contributed by atoms with E-state index in [2.05, 4.69) is 41.9 Å². The molecule has 0 fully saturated rings. The summed E-state index contributed by atoms with van der Waals surface area (Å²) in [5.41, 5.74) is 9.02. The first-order chi connectivity index (χ1) is 32.3. The number of anilines is 2. The van der Waals surface area contributed by atoms with Gasteiger partial charge in [-0.1, -0.05) is 113 Å². The van der Waals surface area contributed by atoms with E-state index >= 15 is 0 Å². The number of aromatic nitrogens is 2. The summed E-state index contributed by atoms with van der Waals surface area (Å²) in [5, 5.41) is 33.7. The van der Waals surface area contributed by atoms with Gasteiger partial charge in [-0.05, 0) is 65.3 Å². The Morgan fingerprint density at radius 1 is 0.672 bits per heavy atom. The molecular weight excluding hydrogens is 847 g/mol. The Morgan fingerprint density at radius 2 is 1.27 bits per heavy atom. The number of benzene rings is 5. The molecule has 5 aromatic carbocycles. The molecular formula is C52H63N9O6. The van der Waals surface area contributed by atoms with Crippen molar-refractivity contribution in [2.45, 2.75) is 84.2 Å². The number of aliphatic hydroxyl groups excluding tert-OH is 1. The van der Waals surface area contributed by atoms with E-state index in [1.54, 1.807) is 30.5 Å². The Morgan fingerprint density at radius 3 is 1.85 bits per heavy atom. The Hall–Kier alpha value is -7.10. The van der Waals surface area contributed by atoms with Crippen LogP contribution in [0.15, 0.2) is 122 Å². The van der Waals surface area contributed by atoms with E-state index in [-0.39, 0.29) is 55.8 Å². The Labute approximate surface area is 391 Å². The summed E-state index contributed by atoms with van der Waals surface area (Å²) >= 11 is 0. The Kier molecular flexibility index (Phi) is 17.6. The van der Waals surface area contributed by atoms with Crippen molar-refractivity contribution in [2.75, 3.05) is 23.7 Å². The first kappa shape index (κ1) is 49.3. The minimum atomic E-state index is -1.37. The second kappa shape index (κ2) is 23.9. The van der Waals surface area contributed by atoms with Crippen molar-refractivity contribution < 1.29 is 29.1 Å². The number of carbonyl (C=O) groups is 5. The third kappa shape index (κ3) is 14.2. The summed E-state index contributed by atoms with van der Waals surface area (Å²) in [5.74, 6) is -3.65. The summed E-state index contributed by atoms with van der Waals surface area (Å²) < 4.78 is 0. The number of aromatic amines is 1. The quantitative estimate of drug-likeness (QED) is 0.0374. The topological polar surface area (TPSA) is 232 Å². The number of hydrogen-bond donors (Lipinski definition) is 9. The van der Waals surface area contributed by atoms with Crippen LogP contribution < -0.4 is 37.6 Å². The number of H-pyrrole nitrogens is 1. The highest BCUT2D eigenvalue weighted by Crippen LogP contribution is 2.25. The van der Waals surface area contributed by atoms with E-state index in [0.717, 1.165) is 38.5 Å². The van der Waals surface area contributed by atoms with Crippen molar-refractivity contribution in [3.8, 4) is 0 Å². The van der Waals surface area contributed by atoms with E-state index in [1.807, 2.05) is 113 Å². The van der Waals surface area contributed by atoms with Crippen LogP contribution in [0, 0.1) is 17.8 Å². The predicted octanol–water partition coefficient (Wildman–Crippen LogP) is 5.81. The molecule has 4 atom stereocenters. The highest BCUT2D eigenvalue weighted by molar-refractivity contribution is 6.07. The van der Waals surface area contributed by atoms with Crippen LogP contribution in [0.3, 0.4) is 0 Å². The lowest BCUT2D eigenvalue weighted by Gasteiger charge is -2.29. The summed E-state index contributed by atoms with van der Waals surface area (Å²) in [6.45, 7) is 8.29. The van der Waals surface area contributed by atoms with Crippen molar-refractivity contribution in [3.05, 3.63) is 139 Å². The number of rotatable bonds is 23. The van der Waals surface area contributed by atoms with Gasteiger partial charge >= 0.3 is 0 Å². The number of hydrogen-bond acceptors (Lipinski definition) is 10. The molecule has 15 nitrogen and oxygen atoms in total. The molecule has 0 radical (unpaired) electrons. The third-order valence-electron chi connectivity index (χ3n) is 11.6. The number of aliphatic hydroxyl groups is 1. The summed E-state index contributed by atoms with van der Waals surface area (Å²) in [6.07, 6.45) is 1.82. The fourth-order valence-corrected chi connectivity index (χ4v) is 8.10. The molecule has 1 aromatic heterocycles. The molecule has 1 heterocycles. The Balaban J connectivity index is 1.17. The van der Waals surface area contributed by atoms with Crippen molar-refractivity contribution >= 4 is 62.5 Å². The van der Waals surface area contributed by atoms with Gasteiger partial charge in [0.2, 0.25) is 23.6 Å². The zero-order valence-corrected chi connectivity index (χ0v) is 38.6. The molecule has 5 amide bonds. The normalized spacial score (nSPS) is 13.2. The molecule has 67 heavy (non-hydrogen) atoms. The van der Waals surface area contributed by atoms with Crippen molar-refractivity contribution in [2.24, 2.45) is 23.5 Å². The van der Waals surface area contributed by atoms with Crippen LogP contribution in [0.2, 0.25) is 0 Å². The van der Waals surface area contributed by atoms with Crippen LogP contribution in [0.4, 0.5) is 11.4 Å². The smallest absolute Gasteiger partial charge is 0.257 e. The van der Waals surface area contributed by atoms with Crippen LogP contribution in [-0.2, 0) is 32.1 Å². The fourth-order valence-electron chi connectivity index (χ4n) is 8.10. The molecule has 15 heteroatoms. The van der Waals surface area contributed by atoms with E-state index in [1.165, 1.54) is 6.33 Å². The molecule has 0 aliphatic rings. The third-order valence-corrected chi connectivity index (χ3v) is 11.6. The molecule has 352 valence electrons. The van der Waals surface area contributed by atoms with Crippen LogP contribution in [0.25, 0.3) is 21.5 Å². The zero-order chi connectivity index (χ0) is 47.9. The summed E-state index contributed by atoms with van der Waals surface area (Å²) in [4.78, 5) is 76.1. The van der Waals surface area contributed by atoms with Gasteiger partial charge in [-0.15, -0.1) is 0 Å². The lowest BCUT2D eigenvalue weighted by Crippen LogP contribution is -2.56. The van der Waals surface area contributed by atoms with Crippen LogP contribution in [-0.4, -0.2) is 81.9 Å². The maximum Gasteiger partial charge on any atom is 0.257 e. The van der Waals surface area contributed by atoms with Crippen LogP contribution in [0.5, 0.6) is 0 Å². The zero-order valence-electron chi connectivity index (χ0n) is 38.6. The van der Waals surface area contributed by atoms with Gasteiger partial charge < -0.3 is 42.4 Å². The Bertz CT molecular complexity index is 2520. The number of carbonyl (C=O) groups excluding carboxylic acids is 5. The van der Waals surface area contributed by atoms with Crippen LogP contribution >= 0.6 is 0 Å². The molecule has 0 aliphatic heterocycles. The van der Waals surface area contributed by atoms with Gasteiger partial charge in [-0.2, -0.15) is 0 Å². The second-order valence-electron chi connectivity index (χ2n) is 17.8. The molecule has 0 unspecified atom stereocenters. The molecule has 0 saturated carbocycles. The average molecular weight is 910 g/mol. The first-order valence-corrected chi connectivity index (χ1v) is 22.9. The molecule has 0 saturated heterocycles. The number of nitrogens with zero attached hydrogens (tertiary/aromatic N) is 1. The van der Waals surface area contributed by atoms with E-state index in [4.69, 9.17) is 5.73 Å². The van der Waals surface area contributed by atoms with E-state index in [9.17, 15) is 29.1 Å². The molecule has 10 N–H and O–H groups in total. The molecule has 0 bridgehead atoms. The number of imidazole rings is 1. The average Bonchev–Trinajstić information content (AvgIpc) is 3.83. The fraction of sp³-hybridized carbons (Fsp3) is 0.346.